The first kappa shape index (κ1) is 6.49. The smallest absolute Gasteiger partial charge is 0.135 e. The molecule has 0 spiro atoms. The Morgan fingerprint density at radius 3 is 2.50 bits per heavy atom. The van der Waals surface area contributed by atoms with E-state index in [-0.39, 0.29) is 0 Å². The molecule has 0 atom stereocenters. The Labute approximate surface area is 77.4 Å². The maximum atomic E-state index is 5.50. The summed E-state index contributed by atoms with van der Waals surface area (Å²) in [6, 6.07) is 10.2. The van der Waals surface area contributed by atoms with Gasteiger partial charge in [0.05, 0.1) is 0 Å². The van der Waals surface area contributed by atoms with Crippen molar-refractivity contribution in [2.45, 2.75) is 0 Å². The third-order valence-corrected chi connectivity index (χ3v) is 2.61. The van der Waals surface area contributed by atoms with Crippen LogP contribution in [0.3, 0.4) is 0 Å². The second kappa shape index (κ2) is 2.02. The molecule has 0 radical (unpaired) electrons. The van der Waals surface area contributed by atoms with E-state index in [4.69, 9.17) is 4.42 Å². The van der Waals surface area contributed by atoms with Crippen LogP contribution in [0.5, 0.6) is 0 Å². The van der Waals surface area contributed by atoms with E-state index in [9.17, 15) is 0 Å². The van der Waals surface area contributed by atoms with Gasteiger partial charge in [0.15, 0.2) is 0 Å². The van der Waals surface area contributed by atoms with Crippen molar-refractivity contribution in [3.8, 4) is 0 Å². The zero-order valence-corrected chi connectivity index (χ0v) is 7.76. The molecule has 2 aromatic heterocycles. The Kier molecular flexibility index (Phi) is 1.09. The number of furan rings is 2. The van der Waals surface area contributed by atoms with Crippen molar-refractivity contribution in [1.29, 1.82) is 0 Å². The average Bonchev–Trinajstić information content (AvgIpc) is 2.63. The van der Waals surface area contributed by atoms with Crippen LogP contribution >= 0.6 is 15.9 Å². The van der Waals surface area contributed by atoms with Gasteiger partial charge in [-0.25, -0.2) is 0 Å². The molecule has 0 aliphatic carbocycles. The van der Waals surface area contributed by atoms with Crippen LogP contribution in [0.1, 0.15) is 0 Å². The first-order chi connectivity index (χ1) is 5.84. The van der Waals surface area contributed by atoms with Gasteiger partial charge in [-0.3, -0.25) is 0 Å². The van der Waals surface area contributed by atoms with Gasteiger partial charge in [0, 0.05) is 15.2 Å². The number of hydrogen-bond donors (Lipinski definition) is 0. The van der Waals surface area contributed by atoms with Crippen molar-refractivity contribution in [2.24, 2.45) is 0 Å². The van der Waals surface area contributed by atoms with Crippen molar-refractivity contribution >= 4 is 37.9 Å². The Bertz CT molecular complexity index is 538. The summed E-state index contributed by atoms with van der Waals surface area (Å²) in [7, 11) is 0. The summed E-state index contributed by atoms with van der Waals surface area (Å²) in [5.41, 5.74) is 1.95. The molecule has 58 valence electrons. The van der Waals surface area contributed by atoms with E-state index < -0.39 is 0 Å². The monoisotopic (exact) mass is 220 g/mol. The average molecular weight is 221 g/mol. The van der Waals surface area contributed by atoms with Gasteiger partial charge < -0.3 is 4.42 Å². The molecule has 3 aromatic rings. The van der Waals surface area contributed by atoms with Gasteiger partial charge in [0.2, 0.25) is 0 Å². The Morgan fingerprint density at radius 2 is 1.67 bits per heavy atom. The normalized spacial score (nSPS) is 11.8. The van der Waals surface area contributed by atoms with Crippen LogP contribution in [0, 0.1) is 0 Å². The summed E-state index contributed by atoms with van der Waals surface area (Å²) in [6.07, 6.45) is 0. The lowest BCUT2D eigenvalue weighted by atomic mass is 10.1. The first-order valence-corrected chi connectivity index (χ1v) is 4.54. The molecule has 0 amide bonds. The van der Waals surface area contributed by atoms with Crippen LogP contribution in [0.4, 0.5) is 0 Å². The fraction of sp³-hybridized carbons (Fsp3) is 0. The third-order valence-electron chi connectivity index (χ3n) is 2.12. The number of halogens is 1. The Morgan fingerprint density at radius 1 is 0.917 bits per heavy atom. The van der Waals surface area contributed by atoms with Gasteiger partial charge in [-0.15, -0.1) is 0 Å². The van der Waals surface area contributed by atoms with E-state index in [0.29, 0.717) is 0 Å². The Hall–Kier alpha value is -1.02. The van der Waals surface area contributed by atoms with Crippen molar-refractivity contribution in [3.63, 3.8) is 0 Å². The van der Waals surface area contributed by atoms with Crippen molar-refractivity contribution < 1.29 is 4.42 Å². The van der Waals surface area contributed by atoms with Gasteiger partial charge >= 0.3 is 0 Å². The van der Waals surface area contributed by atoms with Gasteiger partial charge in [0.1, 0.15) is 11.2 Å². The fourth-order valence-corrected chi connectivity index (χ4v) is 1.92. The summed E-state index contributed by atoms with van der Waals surface area (Å²) < 4.78 is 6.60. The lowest BCUT2D eigenvalue weighted by molar-refractivity contribution is 0.679. The molecular weight excluding hydrogens is 216 g/mol. The molecule has 1 nitrogen and oxygen atoms in total. The lowest BCUT2D eigenvalue weighted by Gasteiger charge is -1.91. The minimum Gasteiger partial charge on any atom is -0.456 e. The van der Waals surface area contributed by atoms with E-state index in [0.717, 1.165) is 15.6 Å². The summed E-state index contributed by atoms with van der Waals surface area (Å²) in [5, 5.41) is 2.40. The number of fused-ring (bicyclic) bond motifs is 5. The molecule has 0 unspecified atom stereocenters. The quantitative estimate of drug-likeness (QED) is 0.562. The second-order valence-electron chi connectivity index (χ2n) is 2.85. The maximum Gasteiger partial charge on any atom is 0.135 e. The molecule has 2 bridgehead atoms. The predicted molar refractivity (Wildman–Crippen MR) is 52.6 cm³/mol. The minimum atomic E-state index is 0.973. The highest BCUT2D eigenvalue weighted by Gasteiger charge is 2.07. The highest BCUT2D eigenvalue weighted by molar-refractivity contribution is 9.10. The van der Waals surface area contributed by atoms with Crippen LogP contribution in [-0.4, -0.2) is 0 Å². The summed E-state index contributed by atoms with van der Waals surface area (Å²) in [4.78, 5) is 0. The second-order valence-corrected chi connectivity index (χ2v) is 3.77. The van der Waals surface area contributed by atoms with Crippen molar-refractivity contribution in [3.05, 3.63) is 34.8 Å². The van der Waals surface area contributed by atoms with Gasteiger partial charge in [-0.2, -0.15) is 0 Å². The molecule has 3 rings (SSSR count). The highest BCUT2D eigenvalue weighted by Crippen LogP contribution is 2.32. The molecule has 2 heterocycles. The van der Waals surface area contributed by atoms with E-state index in [2.05, 4.69) is 28.1 Å². The Balaban J connectivity index is 2.65. The maximum absolute atomic E-state index is 5.50. The standard InChI is InChI=1S/C10H5BrO/c11-6-1-2-7-8(5-6)10-4-3-9(7)12-10/h1-5H. The van der Waals surface area contributed by atoms with E-state index in [1.165, 1.54) is 10.8 Å². The molecule has 0 fully saturated rings. The predicted octanol–water partition coefficient (Wildman–Crippen LogP) is 3.79. The lowest BCUT2D eigenvalue weighted by Crippen LogP contribution is -1.68. The van der Waals surface area contributed by atoms with E-state index >= 15 is 0 Å². The number of rotatable bonds is 0. The largest absolute Gasteiger partial charge is 0.456 e. The van der Waals surface area contributed by atoms with Crippen LogP contribution < -0.4 is 0 Å². The molecule has 0 aliphatic rings. The molecule has 12 heavy (non-hydrogen) atoms. The number of benzene rings is 2. The SMILES string of the molecule is Brc1ccc2c3ccc(o3)c2c1. The molecule has 0 aliphatic heterocycles. The highest BCUT2D eigenvalue weighted by atomic mass is 79.9. The minimum absolute atomic E-state index is 0.973. The summed E-state index contributed by atoms with van der Waals surface area (Å²) >= 11 is 3.43. The fourth-order valence-electron chi connectivity index (χ4n) is 1.56. The van der Waals surface area contributed by atoms with Crippen molar-refractivity contribution in [1.82, 2.24) is 0 Å². The zero-order valence-electron chi connectivity index (χ0n) is 6.17. The van der Waals surface area contributed by atoms with E-state index in [1.54, 1.807) is 0 Å². The molecule has 0 N–H and O–H groups in total. The summed E-state index contributed by atoms with van der Waals surface area (Å²) in [6.45, 7) is 0. The first-order valence-electron chi connectivity index (χ1n) is 3.75. The summed E-state index contributed by atoms with van der Waals surface area (Å²) in [5.74, 6) is 0. The number of hydrogen-bond acceptors (Lipinski definition) is 1. The molecule has 1 aromatic carbocycles. The van der Waals surface area contributed by atoms with Crippen LogP contribution in [-0.2, 0) is 0 Å². The molecule has 0 saturated heterocycles. The molecule has 0 saturated carbocycles. The van der Waals surface area contributed by atoms with Gasteiger partial charge in [-0.05, 0) is 30.3 Å². The molecule has 2 heteroatoms. The van der Waals surface area contributed by atoms with Crippen LogP contribution in [0.15, 0.2) is 39.2 Å². The van der Waals surface area contributed by atoms with Crippen LogP contribution in [0.25, 0.3) is 21.9 Å². The topological polar surface area (TPSA) is 13.1 Å². The van der Waals surface area contributed by atoms with Gasteiger partial charge in [0.25, 0.3) is 0 Å². The molecular formula is C10H5BrO. The third kappa shape index (κ3) is 0.681. The van der Waals surface area contributed by atoms with Crippen LogP contribution in [0.2, 0.25) is 0 Å². The van der Waals surface area contributed by atoms with Crippen molar-refractivity contribution in [2.75, 3.05) is 0 Å². The van der Waals surface area contributed by atoms with E-state index in [1.807, 2.05) is 18.2 Å². The zero-order chi connectivity index (χ0) is 8.13. The van der Waals surface area contributed by atoms with Gasteiger partial charge in [-0.1, -0.05) is 15.9 Å².